The average Bonchev–Trinajstić information content (AvgIpc) is 2.84. The van der Waals surface area contributed by atoms with Gasteiger partial charge in [0.15, 0.2) is 0 Å². The standard InChI is InChI=1S/C15H20Cl2N2O/c16-12-3-4-15(13(17)8-12)20-7-6-19-9-11-2-1-5-18-14(11)10-19/h3-4,8,11,14,18H,1-2,5-7,9-10H2. The van der Waals surface area contributed by atoms with E-state index in [1.807, 2.05) is 6.07 Å². The topological polar surface area (TPSA) is 24.5 Å². The van der Waals surface area contributed by atoms with Gasteiger partial charge in [-0.15, -0.1) is 0 Å². The van der Waals surface area contributed by atoms with E-state index in [2.05, 4.69) is 10.2 Å². The van der Waals surface area contributed by atoms with Crippen LogP contribution in [0.3, 0.4) is 0 Å². The Morgan fingerprint density at radius 3 is 3.00 bits per heavy atom. The Bertz CT molecular complexity index is 455. The molecule has 110 valence electrons. The first-order chi connectivity index (χ1) is 9.72. The fourth-order valence-corrected chi connectivity index (χ4v) is 3.66. The molecule has 3 nitrogen and oxygen atoms in total. The molecule has 2 unspecified atom stereocenters. The quantitative estimate of drug-likeness (QED) is 0.924. The van der Waals surface area contributed by atoms with E-state index in [0.29, 0.717) is 28.4 Å². The van der Waals surface area contributed by atoms with E-state index in [4.69, 9.17) is 27.9 Å². The van der Waals surface area contributed by atoms with Crippen molar-refractivity contribution in [2.24, 2.45) is 5.92 Å². The summed E-state index contributed by atoms with van der Waals surface area (Å²) in [4.78, 5) is 2.48. The van der Waals surface area contributed by atoms with Crippen molar-refractivity contribution < 1.29 is 4.74 Å². The van der Waals surface area contributed by atoms with Crippen LogP contribution in [0.25, 0.3) is 0 Å². The van der Waals surface area contributed by atoms with Gasteiger partial charge in [0.2, 0.25) is 0 Å². The number of nitrogens with one attached hydrogen (secondary N) is 1. The fraction of sp³-hybridized carbons (Fsp3) is 0.600. The second-order valence-corrected chi connectivity index (χ2v) is 6.49. The van der Waals surface area contributed by atoms with E-state index >= 15 is 0 Å². The van der Waals surface area contributed by atoms with Gasteiger partial charge in [-0.2, -0.15) is 0 Å². The Balaban J connectivity index is 1.46. The predicted molar refractivity (Wildman–Crippen MR) is 82.9 cm³/mol. The van der Waals surface area contributed by atoms with Gasteiger partial charge in [0.25, 0.3) is 0 Å². The second kappa shape index (κ2) is 6.52. The maximum atomic E-state index is 6.09. The van der Waals surface area contributed by atoms with Gasteiger partial charge in [-0.25, -0.2) is 0 Å². The minimum atomic E-state index is 0.578. The Hall–Kier alpha value is -0.480. The van der Waals surface area contributed by atoms with E-state index in [0.717, 1.165) is 19.0 Å². The molecule has 2 aliphatic rings. The van der Waals surface area contributed by atoms with Crippen LogP contribution < -0.4 is 10.1 Å². The number of nitrogens with zero attached hydrogens (tertiary/aromatic N) is 1. The molecule has 2 atom stereocenters. The van der Waals surface area contributed by atoms with Crippen LogP contribution in [-0.2, 0) is 0 Å². The van der Waals surface area contributed by atoms with Gasteiger partial charge in [0, 0.05) is 30.7 Å². The summed E-state index contributed by atoms with van der Waals surface area (Å²) in [7, 11) is 0. The molecule has 20 heavy (non-hydrogen) atoms. The van der Waals surface area contributed by atoms with Crippen LogP contribution in [0.5, 0.6) is 5.75 Å². The minimum absolute atomic E-state index is 0.578. The summed E-state index contributed by atoms with van der Waals surface area (Å²) in [6.45, 7) is 5.12. The Morgan fingerprint density at radius 2 is 2.20 bits per heavy atom. The Kier molecular flexibility index (Phi) is 4.72. The van der Waals surface area contributed by atoms with E-state index in [1.165, 1.54) is 25.9 Å². The zero-order chi connectivity index (χ0) is 13.9. The largest absolute Gasteiger partial charge is 0.491 e. The van der Waals surface area contributed by atoms with Crippen LogP contribution in [0.2, 0.25) is 10.0 Å². The molecule has 1 aromatic carbocycles. The number of hydrogen-bond acceptors (Lipinski definition) is 3. The number of rotatable bonds is 4. The van der Waals surface area contributed by atoms with E-state index in [1.54, 1.807) is 12.1 Å². The van der Waals surface area contributed by atoms with Crippen molar-refractivity contribution in [3.05, 3.63) is 28.2 Å². The highest BCUT2D eigenvalue weighted by Gasteiger charge is 2.33. The zero-order valence-corrected chi connectivity index (χ0v) is 13.0. The lowest BCUT2D eigenvalue weighted by atomic mass is 9.94. The third-order valence-corrected chi connectivity index (χ3v) is 4.76. The highest BCUT2D eigenvalue weighted by atomic mass is 35.5. The Morgan fingerprint density at radius 1 is 1.30 bits per heavy atom. The number of hydrogen-bond donors (Lipinski definition) is 1. The van der Waals surface area contributed by atoms with Crippen LogP contribution in [0.1, 0.15) is 12.8 Å². The molecule has 2 fully saturated rings. The van der Waals surface area contributed by atoms with Crippen molar-refractivity contribution in [1.82, 2.24) is 10.2 Å². The molecular weight excluding hydrogens is 295 g/mol. The fourth-order valence-electron chi connectivity index (χ4n) is 3.20. The first-order valence-corrected chi connectivity index (χ1v) is 8.01. The number of benzene rings is 1. The van der Waals surface area contributed by atoms with Crippen LogP contribution in [0.15, 0.2) is 18.2 Å². The molecule has 1 aromatic rings. The smallest absolute Gasteiger partial charge is 0.138 e. The van der Waals surface area contributed by atoms with Crippen molar-refractivity contribution in [3.63, 3.8) is 0 Å². The lowest BCUT2D eigenvalue weighted by Gasteiger charge is -2.24. The van der Waals surface area contributed by atoms with Crippen LogP contribution in [0, 0.1) is 5.92 Å². The summed E-state index contributed by atoms with van der Waals surface area (Å²) in [5, 5.41) is 4.83. The van der Waals surface area contributed by atoms with Gasteiger partial charge in [-0.3, -0.25) is 4.90 Å². The minimum Gasteiger partial charge on any atom is -0.491 e. The lowest BCUT2D eigenvalue weighted by molar-refractivity contribution is 0.232. The molecule has 1 N–H and O–H groups in total. The Labute approximate surface area is 130 Å². The van der Waals surface area contributed by atoms with Crippen molar-refractivity contribution in [3.8, 4) is 5.75 Å². The van der Waals surface area contributed by atoms with E-state index in [9.17, 15) is 0 Å². The van der Waals surface area contributed by atoms with Gasteiger partial charge < -0.3 is 10.1 Å². The molecule has 0 bridgehead atoms. The van der Waals surface area contributed by atoms with Crippen molar-refractivity contribution >= 4 is 23.2 Å². The van der Waals surface area contributed by atoms with Gasteiger partial charge in [0.05, 0.1) is 5.02 Å². The molecule has 2 saturated heterocycles. The maximum Gasteiger partial charge on any atom is 0.138 e. The maximum absolute atomic E-state index is 6.09. The van der Waals surface area contributed by atoms with Crippen molar-refractivity contribution in [1.29, 1.82) is 0 Å². The van der Waals surface area contributed by atoms with Gasteiger partial charge in [-0.1, -0.05) is 23.2 Å². The number of piperidine rings is 1. The van der Waals surface area contributed by atoms with E-state index < -0.39 is 0 Å². The molecule has 0 aromatic heterocycles. The molecule has 2 heterocycles. The normalized spacial score (nSPS) is 26.5. The molecular formula is C15H20Cl2N2O. The first kappa shape index (κ1) is 14.5. The summed E-state index contributed by atoms with van der Waals surface area (Å²) in [5.74, 6) is 1.54. The number of likely N-dealkylation sites (tertiary alicyclic amines) is 1. The molecule has 3 rings (SSSR count). The van der Waals surface area contributed by atoms with Crippen molar-refractivity contribution in [2.75, 3.05) is 32.8 Å². The average molecular weight is 315 g/mol. The summed E-state index contributed by atoms with van der Waals surface area (Å²) in [6, 6.07) is 6.03. The summed E-state index contributed by atoms with van der Waals surface area (Å²) < 4.78 is 5.75. The van der Waals surface area contributed by atoms with Gasteiger partial charge >= 0.3 is 0 Å². The first-order valence-electron chi connectivity index (χ1n) is 7.26. The molecule has 5 heteroatoms. The molecule has 0 spiro atoms. The predicted octanol–water partition coefficient (Wildman–Crippen LogP) is 3.06. The number of fused-ring (bicyclic) bond motifs is 1. The molecule has 0 saturated carbocycles. The monoisotopic (exact) mass is 314 g/mol. The lowest BCUT2D eigenvalue weighted by Crippen LogP contribution is -2.40. The second-order valence-electron chi connectivity index (χ2n) is 5.65. The third-order valence-electron chi connectivity index (χ3n) is 4.23. The molecule has 0 amide bonds. The summed E-state index contributed by atoms with van der Waals surface area (Å²) in [5.41, 5.74) is 0. The van der Waals surface area contributed by atoms with Gasteiger partial charge in [-0.05, 0) is 43.5 Å². The number of halogens is 2. The third kappa shape index (κ3) is 3.40. The van der Waals surface area contributed by atoms with E-state index in [-0.39, 0.29) is 0 Å². The number of ether oxygens (including phenoxy) is 1. The molecule has 0 aliphatic carbocycles. The summed E-state index contributed by atoms with van der Waals surface area (Å²) in [6.07, 6.45) is 2.67. The van der Waals surface area contributed by atoms with Crippen LogP contribution in [0.4, 0.5) is 0 Å². The molecule has 2 aliphatic heterocycles. The highest BCUT2D eigenvalue weighted by molar-refractivity contribution is 6.35. The van der Waals surface area contributed by atoms with Gasteiger partial charge in [0.1, 0.15) is 12.4 Å². The summed E-state index contributed by atoms with van der Waals surface area (Å²) >= 11 is 12.0. The zero-order valence-electron chi connectivity index (χ0n) is 11.4. The van der Waals surface area contributed by atoms with Crippen LogP contribution >= 0.6 is 23.2 Å². The highest BCUT2D eigenvalue weighted by Crippen LogP contribution is 2.28. The molecule has 0 radical (unpaired) electrons. The SMILES string of the molecule is Clc1ccc(OCCN2CC3CCCNC3C2)c(Cl)c1. The van der Waals surface area contributed by atoms with Crippen molar-refractivity contribution in [2.45, 2.75) is 18.9 Å². The van der Waals surface area contributed by atoms with Crippen LogP contribution in [-0.4, -0.2) is 43.7 Å².